The Morgan fingerprint density at radius 1 is 1.08 bits per heavy atom. The summed E-state index contributed by atoms with van der Waals surface area (Å²) in [5.41, 5.74) is 3.37. The number of hydrogen-bond donors (Lipinski definition) is 3. The minimum atomic E-state index is -0.462. The van der Waals surface area contributed by atoms with Gasteiger partial charge in [0.05, 0.1) is 5.92 Å². The van der Waals surface area contributed by atoms with Gasteiger partial charge in [0.2, 0.25) is 5.91 Å². The van der Waals surface area contributed by atoms with E-state index in [1.54, 1.807) is 29.2 Å². The van der Waals surface area contributed by atoms with Gasteiger partial charge in [-0.2, -0.15) is 0 Å². The van der Waals surface area contributed by atoms with Gasteiger partial charge in [0, 0.05) is 74.0 Å². The number of rotatable bonds is 8. The largest absolute Gasteiger partial charge is 0.387 e. The molecule has 2 aliphatic rings. The smallest absolute Gasteiger partial charge is 0.251 e. The summed E-state index contributed by atoms with van der Waals surface area (Å²) in [4.78, 5) is 29.9. The first-order valence-electron chi connectivity index (χ1n) is 12.9. The van der Waals surface area contributed by atoms with E-state index in [-0.39, 0.29) is 30.3 Å². The zero-order valence-corrected chi connectivity index (χ0v) is 21.8. The van der Waals surface area contributed by atoms with E-state index in [0.29, 0.717) is 16.8 Å². The van der Waals surface area contributed by atoms with Gasteiger partial charge in [-0.25, -0.2) is 4.39 Å². The molecule has 3 N–H and O–H groups in total. The molecule has 37 heavy (non-hydrogen) atoms. The Morgan fingerprint density at radius 2 is 1.81 bits per heavy atom. The number of halogens is 1. The van der Waals surface area contributed by atoms with Crippen LogP contribution in [0.25, 0.3) is 0 Å². The molecule has 2 amide bonds. The highest BCUT2D eigenvalue weighted by Gasteiger charge is 2.27. The molecule has 8 heteroatoms. The quantitative estimate of drug-likeness (QED) is 0.511. The zero-order valence-electron chi connectivity index (χ0n) is 21.8. The van der Waals surface area contributed by atoms with E-state index < -0.39 is 5.82 Å². The molecular formula is C29H36FN5O2. The van der Waals surface area contributed by atoms with Crippen molar-refractivity contribution >= 4 is 23.2 Å². The molecule has 2 heterocycles. The van der Waals surface area contributed by atoms with Gasteiger partial charge in [0.1, 0.15) is 5.82 Å². The van der Waals surface area contributed by atoms with E-state index >= 15 is 4.39 Å². The second kappa shape index (κ2) is 12.1. The zero-order chi connectivity index (χ0) is 26.4. The molecule has 0 radical (unpaired) electrons. The Bertz CT molecular complexity index is 1170. The number of carbonyl (C=O) groups excluding carboxylic acids is 2. The van der Waals surface area contributed by atoms with Gasteiger partial charge in [-0.15, -0.1) is 0 Å². The summed E-state index contributed by atoms with van der Waals surface area (Å²) in [7, 11) is 0. The summed E-state index contributed by atoms with van der Waals surface area (Å²) in [5.74, 6) is -1.19. The fraction of sp³-hybridized carbons (Fsp3) is 0.379. The highest BCUT2D eigenvalue weighted by molar-refractivity contribution is 5.97. The molecule has 0 saturated carbocycles. The SMILES string of the molecule is CC(C(=O)N(c1ccc(CNC(=O)c2ccc(N3CCNCC3)cc2)c(F)c1)C(C)C)C1=CNCC=C1. The van der Waals surface area contributed by atoms with Gasteiger partial charge in [0.15, 0.2) is 0 Å². The molecular weight excluding hydrogens is 469 g/mol. The number of nitrogens with zero attached hydrogens (tertiary/aromatic N) is 2. The average molecular weight is 506 g/mol. The van der Waals surface area contributed by atoms with Crippen LogP contribution in [-0.2, 0) is 11.3 Å². The number of nitrogens with one attached hydrogen (secondary N) is 3. The van der Waals surface area contributed by atoms with Crippen LogP contribution in [0.5, 0.6) is 0 Å². The number of hydrogen-bond acceptors (Lipinski definition) is 5. The molecule has 0 aliphatic carbocycles. The maximum atomic E-state index is 15.1. The predicted octanol–water partition coefficient (Wildman–Crippen LogP) is 3.59. The van der Waals surface area contributed by atoms with Crippen LogP contribution in [0.3, 0.4) is 0 Å². The fourth-order valence-electron chi connectivity index (χ4n) is 4.64. The Kier molecular flexibility index (Phi) is 8.61. The summed E-state index contributed by atoms with van der Waals surface area (Å²) >= 11 is 0. The lowest BCUT2D eigenvalue weighted by atomic mass is 9.97. The van der Waals surface area contributed by atoms with Crippen LogP contribution >= 0.6 is 0 Å². The molecule has 1 saturated heterocycles. The molecule has 196 valence electrons. The molecule has 2 aromatic carbocycles. The molecule has 0 aromatic heterocycles. The summed E-state index contributed by atoms with van der Waals surface area (Å²) in [6.45, 7) is 10.2. The third-order valence-electron chi connectivity index (χ3n) is 6.80. The Hall–Kier alpha value is -3.65. The molecule has 7 nitrogen and oxygen atoms in total. The van der Waals surface area contributed by atoms with Gasteiger partial charge in [0.25, 0.3) is 5.91 Å². The number of allylic oxidation sites excluding steroid dienone is 1. The first-order valence-corrected chi connectivity index (χ1v) is 12.9. The van der Waals surface area contributed by atoms with Crippen LogP contribution in [-0.4, -0.2) is 50.6 Å². The fourth-order valence-corrected chi connectivity index (χ4v) is 4.64. The van der Waals surface area contributed by atoms with Gasteiger partial charge >= 0.3 is 0 Å². The molecule has 1 fully saturated rings. The number of carbonyl (C=O) groups is 2. The molecule has 2 aromatic rings. The van der Waals surface area contributed by atoms with Crippen LogP contribution in [0, 0.1) is 11.7 Å². The Morgan fingerprint density at radius 3 is 2.43 bits per heavy atom. The van der Waals surface area contributed by atoms with Crippen LogP contribution in [0.4, 0.5) is 15.8 Å². The van der Waals surface area contributed by atoms with Gasteiger partial charge in [-0.05, 0) is 62.7 Å². The van der Waals surface area contributed by atoms with E-state index in [1.165, 1.54) is 6.07 Å². The molecule has 0 bridgehead atoms. The normalized spacial score (nSPS) is 16.1. The van der Waals surface area contributed by atoms with Crippen molar-refractivity contribution in [1.29, 1.82) is 0 Å². The third kappa shape index (κ3) is 6.38. The highest BCUT2D eigenvalue weighted by Crippen LogP contribution is 2.26. The van der Waals surface area contributed by atoms with Crippen molar-refractivity contribution in [2.24, 2.45) is 5.92 Å². The maximum absolute atomic E-state index is 15.1. The number of anilines is 2. The number of piperazine rings is 1. The maximum Gasteiger partial charge on any atom is 0.251 e. The van der Waals surface area contributed by atoms with E-state index in [9.17, 15) is 9.59 Å². The summed E-state index contributed by atoms with van der Waals surface area (Å²) in [6, 6.07) is 12.1. The van der Waals surface area contributed by atoms with Crippen molar-refractivity contribution < 1.29 is 14.0 Å². The van der Waals surface area contributed by atoms with Gasteiger partial charge in [-0.3, -0.25) is 9.59 Å². The van der Waals surface area contributed by atoms with E-state index in [0.717, 1.165) is 44.0 Å². The summed E-state index contributed by atoms with van der Waals surface area (Å²) in [5, 5.41) is 9.26. The lowest BCUT2D eigenvalue weighted by Crippen LogP contribution is -2.43. The van der Waals surface area contributed by atoms with E-state index in [2.05, 4.69) is 20.9 Å². The number of dihydropyridines is 1. The summed E-state index contributed by atoms with van der Waals surface area (Å²) < 4.78 is 15.1. The van der Waals surface area contributed by atoms with Crippen LogP contribution in [0.2, 0.25) is 0 Å². The first-order chi connectivity index (χ1) is 17.8. The van der Waals surface area contributed by atoms with Gasteiger partial charge in [-0.1, -0.05) is 18.2 Å². The lowest BCUT2D eigenvalue weighted by molar-refractivity contribution is -0.121. The average Bonchev–Trinajstić information content (AvgIpc) is 2.93. The lowest BCUT2D eigenvalue weighted by Gasteiger charge is -2.30. The van der Waals surface area contributed by atoms with Gasteiger partial charge < -0.3 is 25.8 Å². The predicted molar refractivity (Wildman–Crippen MR) is 146 cm³/mol. The Balaban J connectivity index is 1.40. The second-order valence-corrected chi connectivity index (χ2v) is 9.72. The van der Waals surface area contributed by atoms with Crippen molar-refractivity contribution in [3.05, 3.63) is 83.3 Å². The number of amides is 2. The number of benzene rings is 2. The van der Waals surface area contributed by atoms with Crippen LogP contribution in [0.15, 0.2) is 66.4 Å². The summed E-state index contributed by atoms with van der Waals surface area (Å²) in [6.07, 6.45) is 5.77. The first kappa shape index (κ1) is 26.4. The van der Waals surface area contributed by atoms with E-state index in [1.807, 2.05) is 51.3 Å². The van der Waals surface area contributed by atoms with Crippen molar-refractivity contribution in [2.75, 3.05) is 42.5 Å². The van der Waals surface area contributed by atoms with Crippen molar-refractivity contribution in [3.8, 4) is 0 Å². The standard InChI is InChI=1S/C29H36FN5O2/c1-20(2)35(29(37)21(3)23-5-4-12-32-18-23)26-11-8-24(27(30)17-26)19-33-28(36)22-6-9-25(10-7-22)34-15-13-31-14-16-34/h4-11,17-18,20-21,31-32H,12-16,19H2,1-3H3,(H,33,36). The monoisotopic (exact) mass is 505 g/mol. The molecule has 1 unspecified atom stereocenters. The molecule has 2 aliphatic heterocycles. The third-order valence-corrected chi connectivity index (χ3v) is 6.80. The van der Waals surface area contributed by atoms with Crippen LogP contribution < -0.4 is 25.8 Å². The molecule has 0 spiro atoms. The van der Waals surface area contributed by atoms with E-state index in [4.69, 9.17) is 0 Å². The second-order valence-electron chi connectivity index (χ2n) is 9.72. The molecule has 1 atom stereocenters. The topological polar surface area (TPSA) is 76.7 Å². The van der Waals surface area contributed by atoms with Crippen molar-refractivity contribution in [1.82, 2.24) is 16.0 Å². The minimum absolute atomic E-state index is 0.0554. The van der Waals surface area contributed by atoms with Crippen molar-refractivity contribution in [3.63, 3.8) is 0 Å². The van der Waals surface area contributed by atoms with Crippen molar-refractivity contribution in [2.45, 2.75) is 33.4 Å². The Labute approximate surface area is 218 Å². The highest BCUT2D eigenvalue weighted by atomic mass is 19.1. The minimum Gasteiger partial charge on any atom is -0.387 e. The van der Waals surface area contributed by atoms with Crippen LogP contribution in [0.1, 0.15) is 36.7 Å². The molecule has 4 rings (SSSR count).